The number of amides is 1. The Morgan fingerprint density at radius 3 is 2.67 bits per heavy atom. The lowest BCUT2D eigenvalue weighted by atomic mass is 9.92. The summed E-state index contributed by atoms with van der Waals surface area (Å²) in [4.78, 5) is 22.4. The lowest BCUT2D eigenvalue weighted by Gasteiger charge is -2.35. The first kappa shape index (κ1) is 19.8. The van der Waals surface area contributed by atoms with Gasteiger partial charge < -0.3 is 14.5 Å². The Bertz CT molecular complexity index is 940. The Morgan fingerprint density at radius 1 is 1.03 bits per heavy atom. The number of piperidine rings is 1. The summed E-state index contributed by atoms with van der Waals surface area (Å²) < 4.78 is 5.69. The SMILES string of the molecule is O=C(C1CCN(c2cc3c(cn2)CCCC3)CC1)N1CCOCc2cc(Cl)ccc21. The highest BCUT2D eigenvalue weighted by atomic mass is 35.5. The van der Waals surface area contributed by atoms with Gasteiger partial charge in [-0.1, -0.05) is 11.6 Å². The molecule has 1 aromatic heterocycles. The van der Waals surface area contributed by atoms with Crippen LogP contribution in [0.2, 0.25) is 5.02 Å². The number of carbonyl (C=O) groups excluding carboxylic acids is 1. The molecule has 5 rings (SSSR count). The minimum absolute atomic E-state index is 0.0421. The van der Waals surface area contributed by atoms with E-state index in [1.165, 1.54) is 30.4 Å². The number of halogens is 1. The van der Waals surface area contributed by atoms with Gasteiger partial charge in [0.15, 0.2) is 0 Å². The summed E-state index contributed by atoms with van der Waals surface area (Å²) in [6.07, 6.45) is 8.67. The molecule has 0 atom stereocenters. The molecule has 3 heterocycles. The van der Waals surface area contributed by atoms with Gasteiger partial charge >= 0.3 is 0 Å². The van der Waals surface area contributed by atoms with Crippen LogP contribution >= 0.6 is 11.6 Å². The average molecular weight is 426 g/mol. The van der Waals surface area contributed by atoms with Gasteiger partial charge in [-0.3, -0.25) is 4.79 Å². The second-order valence-corrected chi connectivity index (χ2v) is 9.03. The van der Waals surface area contributed by atoms with Crippen LogP contribution in [0.3, 0.4) is 0 Å². The second kappa shape index (κ2) is 8.56. The van der Waals surface area contributed by atoms with E-state index in [9.17, 15) is 4.79 Å². The molecule has 2 aromatic rings. The molecule has 1 saturated heterocycles. The molecular formula is C24H28ClN3O2. The Balaban J connectivity index is 1.27. The summed E-state index contributed by atoms with van der Waals surface area (Å²) in [5.74, 6) is 1.33. The molecular weight excluding hydrogens is 398 g/mol. The quantitative estimate of drug-likeness (QED) is 0.715. The average Bonchev–Trinajstić information content (AvgIpc) is 3.00. The van der Waals surface area contributed by atoms with Gasteiger partial charge in [-0.2, -0.15) is 0 Å². The van der Waals surface area contributed by atoms with Crippen molar-refractivity contribution in [1.29, 1.82) is 0 Å². The van der Waals surface area contributed by atoms with Crippen molar-refractivity contribution >= 4 is 29.0 Å². The fourth-order valence-electron chi connectivity index (χ4n) is 4.97. The van der Waals surface area contributed by atoms with Crippen LogP contribution in [0, 0.1) is 5.92 Å². The molecule has 1 fully saturated rings. The maximum atomic E-state index is 13.4. The highest BCUT2D eigenvalue weighted by molar-refractivity contribution is 6.30. The number of aryl methyl sites for hydroxylation is 2. The van der Waals surface area contributed by atoms with Gasteiger partial charge in [-0.25, -0.2) is 4.98 Å². The minimum atomic E-state index is 0.0421. The lowest BCUT2D eigenvalue weighted by Crippen LogP contribution is -2.44. The zero-order valence-corrected chi connectivity index (χ0v) is 18.0. The molecule has 0 saturated carbocycles. The van der Waals surface area contributed by atoms with Gasteiger partial charge in [-0.15, -0.1) is 0 Å². The maximum absolute atomic E-state index is 13.4. The molecule has 1 aromatic carbocycles. The van der Waals surface area contributed by atoms with Gasteiger partial charge in [0.05, 0.1) is 13.2 Å². The summed E-state index contributed by atoms with van der Waals surface area (Å²) in [5, 5.41) is 0.678. The van der Waals surface area contributed by atoms with Gasteiger partial charge in [0.1, 0.15) is 5.82 Å². The molecule has 158 valence electrons. The smallest absolute Gasteiger partial charge is 0.230 e. The first-order valence-electron chi connectivity index (χ1n) is 11.1. The third-order valence-electron chi connectivity index (χ3n) is 6.69. The number of rotatable bonds is 2. The van der Waals surface area contributed by atoms with Crippen molar-refractivity contribution in [2.75, 3.05) is 36.0 Å². The van der Waals surface area contributed by atoms with Gasteiger partial charge in [0.2, 0.25) is 5.91 Å². The number of hydrogen-bond acceptors (Lipinski definition) is 4. The van der Waals surface area contributed by atoms with Crippen LogP contribution in [0.25, 0.3) is 0 Å². The number of ether oxygens (including phenoxy) is 1. The number of aromatic nitrogens is 1. The fraction of sp³-hybridized carbons (Fsp3) is 0.500. The van der Waals surface area contributed by atoms with E-state index in [4.69, 9.17) is 21.3 Å². The number of pyridine rings is 1. The molecule has 5 nitrogen and oxygen atoms in total. The Labute approximate surface area is 183 Å². The normalized spacial score (nSPS) is 19.8. The summed E-state index contributed by atoms with van der Waals surface area (Å²) in [7, 11) is 0. The molecule has 0 spiro atoms. The standard InChI is InChI=1S/C24H28ClN3O2/c25-21-5-6-22-20(13-21)16-30-12-11-28(22)24(29)17-7-9-27(10-8-17)23-14-18-3-1-2-4-19(18)15-26-23/h5-6,13-15,17H,1-4,7-12,16H2. The van der Waals surface area contributed by atoms with E-state index in [2.05, 4.69) is 17.2 Å². The van der Waals surface area contributed by atoms with Gasteiger partial charge in [-0.05, 0) is 73.9 Å². The Kier molecular flexibility index (Phi) is 5.66. The first-order chi connectivity index (χ1) is 14.7. The van der Waals surface area contributed by atoms with Crippen LogP contribution in [0.1, 0.15) is 42.4 Å². The van der Waals surface area contributed by atoms with Crippen LogP contribution in [0.4, 0.5) is 11.5 Å². The third-order valence-corrected chi connectivity index (χ3v) is 6.93. The highest BCUT2D eigenvalue weighted by Crippen LogP contribution is 2.31. The molecule has 0 bridgehead atoms. The van der Waals surface area contributed by atoms with Crippen LogP contribution < -0.4 is 9.80 Å². The second-order valence-electron chi connectivity index (χ2n) is 8.60. The Morgan fingerprint density at radius 2 is 1.83 bits per heavy atom. The minimum Gasteiger partial charge on any atom is -0.375 e. The highest BCUT2D eigenvalue weighted by Gasteiger charge is 2.31. The number of nitrogens with zero attached hydrogens (tertiary/aromatic N) is 3. The topological polar surface area (TPSA) is 45.7 Å². The number of carbonyl (C=O) groups is 1. The number of benzene rings is 1. The van der Waals surface area contributed by atoms with Crippen molar-refractivity contribution in [2.24, 2.45) is 5.92 Å². The molecule has 0 N–H and O–H groups in total. The first-order valence-corrected chi connectivity index (χ1v) is 11.5. The molecule has 6 heteroatoms. The molecule has 1 amide bonds. The van der Waals surface area contributed by atoms with E-state index in [1.807, 2.05) is 23.1 Å². The van der Waals surface area contributed by atoms with Crippen molar-refractivity contribution in [3.8, 4) is 0 Å². The summed E-state index contributed by atoms with van der Waals surface area (Å²) >= 11 is 6.15. The molecule has 30 heavy (non-hydrogen) atoms. The van der Waals surface area contributed by atoms with E-state index >= 15 is 0 Å². The molecule has 0 radical (unpaired) electrons. The molecule has 0 unspecified atom stereocenters. The molecule has 3 aliphatic rings. The van der Waals surface area contributed by atoms with Gasteiger partial charge in [0.25, 0.3) is 0 Å². The van der Waals surface area contributed by atoms with Gasteiger partial charge in [0, 0.05) is 48.0 Å². The van der Waals surface area contributed by atoms with E-state index in [1.54, 1.807) is 0 Å². The predicted octanol–water partition coefficient (Wildman–Crippen LogP) is 4.39. The fourth-order valence-corrected chi connectivity index (χ4v) is 5.17. The maximum Gasteiger partial charge on any atom is 0.230 e. The monoisotopic (exact) mass is 425 g/mol. The summed E-state index contributed by atoms with van der Waals surface area (Å²) in [5.41, 5.74) is 4.81. The lowest BCUT2D eigenvalue weighted by molar-refractivity contribution is -0.123. The molecule has 2 aliphatic heterocycles. The number of hydrogen-bond donors (Lipinski definition) is 0. The van der Waals surface area contributed by atoms with Crippen LogP contribution in [-0.4, -0.2) is 37.1 Å². The predicted molar refractivity (Wildman–Crippen MR) is 119 cm³/mol. The third kappa shape index (κ3) is 3.93. The largest absolute Gasteiger partial charge is 0.375 e. The van der Waals surface area contributed by atoms with E-state index in [-0.39, 0.29) is 11.8 Å². The zero-order valence-electron chi connectivity index (χ0n) is 17.3. The van der Waals surface area contributed by atoms with Crippen molar-refractivity contribution in [2.45, 2.75) is 45.1 Å². The number of anilines is 2. The zero-order chi connectivity index (χ0) is 20.5. The van der Waals surface area contributed by atoms with E-state index < -0.39 is 0 Å². The van der Waals surface area contributed by atoms with E-state index in [0.717, 1.165) is 49.4 Å². The Hall–Kier alpha value is -2.11. The van der Waals surface area contributed by atoms with Crippen molar-refractivity contribution in [3.05, 3.63) is 52.2 Å². The van der Waals surface area contributed by atoms with Crippen LogP contribution in [0.15, 0.2) is 30.5 Å². The van der Waals surface area contributed by atoms with E-state index in [0.29, 0.717) is 24.8 Å². The summed E-state index contributed by atoms with van der Waals surface area (Å²) in [6, 6.07) is 8.00. The van der Waals surface area contributed by atoms with Crippen molar-refractivity contribution in [1.82, 2.24) is 4.98 Å². The number of fused-ring (bicyclic) bond motifs is 2. The summed E-state index contributed by atoms with van der Waals surface area (Å²) in [6.45, 7) is 3.40. The van der Waals surface area contributed by atoms with Crippen LogP contribution in [-0.2, 0) is 29.0 Å². The van der Waals surface area contributed by atoms with Crippen LogP contribution in [0.5, 0.6) is 0 Å². The van der Waals surface area contributed by atoms with Crippen molar-refractivity contribution in [3.63, 3.8) is 0 Å². The van der Waals surface area contributed by atoms with Crippen molar-refractivity contribution < 1.29 is 9.53 Å². The molecule has 1 aliphatic carbocycles.